The van der Waals surface area contributed by atoms with E-state index in [1.807, 2.05) is 6.07 Å². The summed E-state index contributed by atoms with van der Waals surface area (Å²) >= 11 is 5.93. The number of nitrogens with zero attached hydrogens (tertiary/aromatic N) is 2. The van der Waals surface area contributed by atoms with Crippen LogP contribution in [0.5, 0.6) is 0 Å². The van der Waals surface area contributed by atoms with Crippen LogP contribution in [0.4, 0.5) is 11.5 Å². The molecule has 21 heavy (non-hydrogen) atoms. The van der Waals surface area contributed by atoms with E-state index in [0.29, 0.717) is 11.4 Å². The standard InChI is InChI=1S/C13H11ClN4O2S/c1-16-13-5-3-10(8-17-13)21(19,20)18-12-6-9(7-15)2-4-11(12)14/h2-6,8,18H,1H3,(H,16,17). The van der Waals surface area contributed by atoms with Gasteiger partial charge in [0.1, 0.15) is 10.7 Å². The maximum absolute atomic E-state index is 12.2. The van der Waals surface area contributed by atoms with Crippen molar-refractivity contribution in [2.45, 2.75) is 4.90 Å². The summed E-state index contributed by atoms with van der Waals surface area (Å²) in [5.74, 6) is 0.554. The number of anilines is 2. The molecular weight excluding hydrogens is 312 g/mol. The van der Waals surface area contributed by atoms with Gasteiger partial charge in [0.05, 0.1) is 22.3 Å². The molecule has 8 heteroatoms. The lowest BCUT2D eigenvalue weighted by molar-refractivity contribution is 0.601. The van der Waals surface area contributed by atoms with Crippen molar-refractivity contribution in [1.29, 1.82) is 5.26 Å². The lowest BCUT2D eigenvalue weighted by Crippen LogP contribution is -2.13. The van der Waals surface area contributed by atoms with Crippen molar-refractivity contribution in [2.75, 3.05) is 17.1 Å². The second-order valence-electron chi connectivity index (χ2n) is 4.04. The van der Waals surface area contributed by atoms with Gasteiger partial charge in [-0.1, -0.05) is 11.6 Å². The summed E-state index contributed by atoms with van der Waals surface area (Å²) < 4.78 is 26.8. The highest BCUT2D eigenvalue weighted by molar-refractivity contribution is 7.92. The van der Waals surface area contributed by atoms with Crippen LogP contribution in [0, 0.1) is 11.3 Å². The predicted molar refractivity (Wildman–Crippen MR) is 80.8 cm³/mol. The van der Waals surface area contributed by atoms with E-state index in [-0.39, 0.29) is 15.6 Å². The zero-order valence-corrected chi connectivity index (χ0v) is 12.5. The van der Waals surface area contributed by atoms with Crippen LogP contribution >= 0.6 is 11.6 Å². The SMILES string of the molecule is CNc1ccc(S(=O)(=O)Nc2cc(C#N)ccc2Cl)cn1. The molecule has 2 aromatic rings. The Kier molecular flexibility index (Phi) is 4.31. The fraction of sp³-hybridized carbons (Fsp3) is 0.0769. The summed E-state index contributed by atoms with van der Waals surface area (Å²) in [7, 11) is -2.14. The molecule has 1 heterocycles. The van der Waals surface area contributed by atoms with E-state index in [1.54, 1.807) is 13.1 Å². The Morgan fingerprint density at radius 2 is 2.05 bits per heavy atom. The van der Waals surface area contributed by atoms with E-state index in [0.717, 1.165) is 0 Å². The number of benzene rings is 1. The summed E-state index contributed by atoms with van der Waals surface area (Å²) in [5, 5.41) is 11.8. The van der Waals surface area contributed by atoms with Crippen molar-refractivity contribution in [3.8, 4) is 6.07 Å². The van der Waals surface area contributed by atoms with Crippen LogP contribution in [-0.2, 0) is 10.0 Å². The average molecular weight is 323 g/mol. The van der Waals surface area contributed by atoms with Crippen LogP contribution in [0.1, 0.15) is 5.56 Å². The maximum Gasteiger partial charge on any atom is 0.263 e. The van der Waals surface area contributed by atoms with Gasteiger partial charge < -0.3 is 5.32 Å². The first kappa shape index (κ1) is 15.1. The Morgan fingerprint density at radius 1 is 1.29 bits per heavy atom. The first-order valence-corrected chi connectivity index (χ1v) is 7.68. The summed E-state index contributed by atoms with van der Waals surface area (Å²) in [4.78, 5) is 3.95. The van der Waals surface area contributed by atoms with Gasteiger partial charge in [-0.2, -0.15) is 5.26 Å². The van der Waals surface area contributed by atoms with Gasteiger partial charge in [0.25, 0.3) is 10.0 Å². The number of pyridine rings is 1. The number of nitriles is 1. The number of aromatic nitrogens is 1. The van der Waals surface area contributed by atoms with Gasteiger partial charge >= 0.3 is 0 Å². The molecular formula is C13H11ClN4O2S. The summed E-state index contributed by atoms with van der Waals surface area (Å²) in [6.45, 7) is 0. The Hall–Kier alpha value is -2.30. The van der Waals surface area contributed by atoms with E-state index >= 15 is 0 Å². The van der Waals surface area contributed by atoms with Crippen molar-refractivity contribution < 1.29 is 8.42 Å². The van der Waals surface area contributed by atoms with Crippen LogP contribution in [0.3, 0.4) is 0 Å². The van der Waals surface area contributed by atoms with Gasteiger partial charge in [0.15, 0.2) is 0 Å². The molecule has 108 valence electrons. The minimum Gasteiger partial charge on any atom is -0.373 e. The minimum absolute atomic E-state index is 0.0000672. The molecule has 0 fully saturated rings. The quantitative estimate of drug-likeness (QED) is 0.901. The first-order chi connectivity index (χ1) is 9.96. The highest BCUT2D eigenvalue weighted by atomic mass is 35.5. The Morgan fingerprint density at radius 3 is 2.62 bits per heavy atom. The fourth-order valence-corrected chi connectivity index (χ4v) is 2.80. The van der Waals surface area contributed by atoms with E-state index in [2.05, 4.69) is 15.0 Å². The smallest absolute Gasteiger partial charge is 0.263 e. The summed E-state index contributed by atoms with van der Waals surface area (Å²) in [6.07, 6.45) is 1.23. The van der Waals surface area contributed by atoms with Crippen molar-refractivity contribution in [3.05, 3.63) is 47.1 Å². The molecule has 1 aromatic heterocycles. The largest absolute Gasteiger partial charge is 0.373 e. The van der Waals surface area contributed by atoms with Crippen molar-refractivity contribution >= 4 is 33.1 Å². The van der Waals surface area contributed by atoms with Crippen molar-refractivity contribution in [3.63, 3.8) is 0 Å². The van der Waals surface area contributed by atoms with Crippen LogP contribution < -0.4 is 10.0 Å². The van der Waals surface area contributed by atoms with Crippen LogP contribution in [0.2, 0.25) is 5.02 Å². The molecule has 1 aromatic carbocycles. The Labute approximate surface area is 127 Å². The van der Waals surface area contributed by atoms with Gasteiger partial charge in [-0.05, 0) is 30.3 Å². The third-order valence-electron chi connectivity index (χ3n) is 2.64. The zero-order valence-electron chi connectivity index (χ0n) is 11.0. The highest BCUT2D eigenvalue weighted by Crippen LogP contribution is 2.25. The number of hydrogen-bond acceptors (Lipinski definition) is 5. The lowest BCUT2D eigenvalue weighted by atomic mass is 10.2. The van der Waals surface area contributed by atoms with E-state index in [9.17, 15) is 8.42 Å². The van der Waals surface area contributed by atoms with Crippen LogP contribution in [0.15, 0.2) is 41.4 Å². The van der Waals surface area contributed by atoms with Crippen molar-refractivity contribution in [2.24, 2.45) is 0 Å². The van der Waals surface area contributed by atoms with E-state index in [4.69, 9.17) is 16.9 Å². The number of nitrogens with one attached hydrogen (secondary N) is 2. The monoisotopic (exact) mass is 322 g/mol. The highest BCUT2D eigenvalue weighted by Gasteiger charge is 2.16. The summed E-state index contributed by atoms with van der Waals surface area (Å²) in [5.41, 5.74) is 0.453. The van der Waals surface area contributed by atoms with Gasteiger partial charge in [-0.25, -0.2) is 13.4 Å². The molecule has 0 unspecified atom stereocenters. The van der Waals surface area contributed by atoms with Gasteiger partial charge in [-0.15, -0.1) is 0 Å². The van der Waals surface area contributed by atoms with Crippen molar-refractivity contribution in [1.82, 2.24) is 4.98 Å². The summed E-state index contributed by atoms with van der Waals surface area (Å²) in [6, 6.07) is 9.22. The van der Waals surface area contributed by atoms with Crippen LogP contribution in [-0.4, -0.2) is 20.4 Å². The molecule has 0 spiro atoms. The molecule has 6 nitrogen and oxygen atoms in total. The maximum atomic E-state index is 12.2. The predicted octanol–water partition coefficient (Wildman–Crippen LogP) is 2.45. The molecule has 0 atom stereocenters. The topological polar surface area (TPSA) is 94.9 Å². The normalized spacial score (nSPS) is 10.7. The Balaban J connectivity index is 2.35. The first-order valence-electron chi connectivity index (χ1n) is 5.82. The van der Waals surface area contributed by atoms with Crippen LogP contribution in [0.25, 0.3) is 0 Å². The minimum atomic E-state index is -3.82. The molecule has 0 radical (unpaired) electrons. The Bertz CT molecular complexity index is 798. The number of hydrogen-bond donors (Lipinski definition) is 2. The fourth-order valence-electron chi connectivity index (χ4n) is 1.56. The lowest BCUT2D eigenvalue weighted by Gasteiger charge is -2.10. The number of halogens is 1. The molecule has 0 aliphatic rings. The van der Waals surface area contributed by atoms with Gasteiger partial charge in [0, 0.05) is 13.2 Å². The van der Waals surface area contributed by atoms with E-state index < -0.39 is 10.0 Å². The molecule has 2 rings (SSSR count). The molecule has 0 saturated carbocycles. The second-order valence-corrected chi connectivity index (χ2v) is 6.13. The zero-order chi connectivity index (χ0) is 15.5. The van der Waals surface area contributed by atoms with E-state index in [1.165, 1.54) is 30.5 Å². The molecule has 0 amide bonds. The second kappa shape index (κ2) is 5.99. The molecule has 2 N–H and O–H groups in total. The number of sulfonamides is 1. The number of rotatable bonds is 4. The average Bonchev–Trinajstić information content (AvgIpc) is 2.49. The molecule has 0 bridgehead atoms. The van der Waals surface area contributed by atoms with Gasteiger partial charge in [-0.3, -0.25) is 4.72 Å². The molecule has 0 aliphatic heterocycles. The molecule has 0 saturated heterocycles. The third-order valence-corrected chi connectivity index (χ3v) is 4.32. The third kappa shape index (κ3) is 3.42. The van der Waals surface area contributed by atoms with Gasteiger partial charge in [0.2, 0.25) is 0 Å². The molecule has 0 aliphatic carbocycles.